The molecule has 4 N–H and O–H groups in total. The summed E-state index contributed by atoms with van der Waals surface area (Å²) in [5.41, 5.74) is 5.09. The van der Waals surface area contributed by atoms with Gasteiger partial charge in [-0.15, -0.1) is 11.8 Å². The van der Waals surface area contributed by atoms with E-state index in [1.54, 1.807) is 0 Å². The highest BCUT2D eigenvalue weighted by atomic mass is 32.2. The lowest BCUT2D eigenvalue weighted by atomic mass is 10.4. The number of nitrogens with two attached hydrogens (primary N) is 1. The summed E-state index contributed by atoms with van der Waals surface area (Å²) in [5.74, 6) is -2.06. The molecular formula is C5H9NO4S. The van der Waals surface area contributed by atoms with Crippen molar-refractivity contribution in [2.24, 2.45) is 5.73 Å². The Morgan fingerprint density at radius 3 is 2.36 bits per heavy atom. The van der Waals surface area contributed by atoms with Crippen molar-refractivity contribution in [3.05, 3.63) is 0 Å². The van der Waals surface area contributed by atoms with Crippen molar-refractivity contribution >= 4 is 23.7 Å². The van der Waals surface area contributed by atoms with Crippen molar-refractivity contribution in [1.29, 1.82) is 0 Å². The molecule has 0 aliphatic rings. The maximum Gasteiger partial charge on any atom is 0.321 e. The first-order chi connectivity index (χ1) is 5.04. The van der Waals surface area contributed by atoms with Gasteiger partial charge < -0.3 is 15.9 Å². The van der Waals surface area contributed by atoms with E-state index in [0.717, 1.165) is 11.8 Å². The van der Waals surface area contributed by atoms with Crippen LogP contribution in [0.4, 0.5) is 0 Å². The van der Waals surface area contributed by atoms with Gasteiger partial charge in [-0.25, -0.2) is 0 Å². The maximum atomic E-state index is 10.1. The van der Waals surface area contributed by atoms with E-state index < -0.39 is 18.0 Å². The molecule has 0 rings (SSSR count). The predicted octanol–water partition coefficient (Wildman–Crippen LogP) is -0.784. The van der Waals surface area contributed by atoms with Gasteiger partial charge in [-0.1, -0.05) is 0 Å². The quantitative estimate of drug-likeness (QED) is 0.511. The second-order valence-corrected chi connectivity index (χ2v) is 2.88. The molecule has 6 heteroatoms. The molecular weight excluding hydrogens is 170 g/mol. The summed E-state index contributed by atoms with van der Waals surface area (Å²) in [5, 5.41) is 16.4. The Bertz CT molecular complexity index is 161. The van der Waals surface area contributed by atoms with Gasteiger partial charge in [0.25, 0.3) is 0 Å². The minimum absolute atomic E-state index is 0.110. The second-order valence-electron chi connectivity index (χ2n) is 1.85. The van der Waals surface area contributed by atoms with Gasteiger partial charge in [0.2, 0.25) is 0 Å². The molecule has 0 heterocycles. The third-order valence-electron chi connectivity index (χ3n) is 0.840. The summed E-state index contributed by atoms with van der Waals surface area (Å²) >= 11 is 0.992. The highest BCUT2D eigenvalue weighted by molar-refractivity contribution is 8.00. The Labute approximate surface area is 67.6 Å². The molecule has 0 saturated carbocycles. The number of rotatable bonds is 5. The third-order valence-corrected chi connectivity index (χ3v) is 1.89. The number of hydrogen-bond acceptors (Lipinski definition) is 4. The monoisotopic (exact) mass is 179 g/mol. The fourth-order valence-corrected chi connectivity index (χ4v) is 1.03. The van der Waals surface area contributed by atoms with Crippen molar-refractivity contribution in [2.75, 3.05) is 11.5 Å². The molecule has 0 aromatic heterocycles. The molecule has 0 spiro atoms. The molecule has 0 bridgehead atoms. The fraction of sp³-hybridized carbons (Fsp3) is 0.600. The van der Waals surface area contributed by atoms with E-state index in [9.17, 15) is 9.59 Å². The standard InChI is InChI=1S/C5H9NO4S/c6-3(5(9)10)1-11-2-4(7)8/h3H,1-2,6H2,(H,7,8)(H,9,10)/t3-/m0/s1. The van der Waals surface area contributed by atoms with Crippen LogP contribution in [-0.2, 0) is 9.59 Å². The first kappa shape index (κ1) is 10.2. The van der Waals surface area contributed by atoms with Crippen molar-refractivity contribution in [3.8, 4) is 0 Å². The van der Waals surface area contributed by atoms with E-state index in [1.165, 1.54) is 0 Å². The maximum absolute atomic E-state index is 10.1. The van der Waals surface area contributed by atoms with Crippen molar-refractivity contribution in [1.82, 2.24) is 0 Å². The van der Waals surface area contributed by atoms with Crippen LogP contribution in [-0.4, -0.2) is 39.7 Å². The fourth-order valence-electron chi connectivity index (χ4n) is 0.344. The lowest BCUT2D eigenvalue weighted by molar-refractivity contribution is -0.138. The molecule has 0 aliphatic carbocycles. The summed E-state index contributed by atoms with van der Waals surface area (Å²) in [6, 6.07) is -0.973. The van der Waals surface area contributed by atoms with Gasteiger partial charge in [-0.05, 0) is 0 Å². The molecule has 1 atom stereocenters. The van der Waals surface area contributed by atoms with E-state index in [0.29, 0.717) is 0 Å². The van der Waals surface area contributed by atoms with Crippen LogP contribution in [0.15, 0.2) is 0 Å². The van der Waals surface area contributed by atoms with Crippen LogP contribution >= 0.6 is 11.8 Å². The van der Waals surface area contributed by atoms with Crippen LogP contribution in [0.5, 0.6) is 0 Å². The number of hydrogen-bond donors (Lipinski definition) is 3. The van der Waals surface area contributed by atoms with Gasteiger partial charge in [0.15, 0.2) is 0 Å². The van der Waals surface area contributed by atoms with Gasteiger partial charge in [0, 0.05) is 5.75 Å². The molecule has 0 aliphatic heterocycles. The lowest BCUT2D eigenvalue weighted by Crippen LogP contribution is -2.32. The first-order valence-electron chi connectivity index (χ1n) is 2.82. The van der Waals surface area contributed by atoms with Crippen molar-refractivity contribution < 1.29 is 19.8 Å². The number of carboxylic acid groups (broad SMARTS) is 2. The van der Waals surface area contributed by atoms with E-state index in [4.69, 9.17) is 15.9 Å². The summed E-state index contributed by atoms with van der Waals surface area (Å²) in [6.45, 7) is 0. The zero-order valence-electron chi connectivity index (χ0n) is 5.69. The number of thioether (sulfide) groups is 1. The third kappa shape index (κ3) is 5.68. The minimum Gasteiger partial charge on any atom is -0.481 e. The summed E-state index contributed by atoms with van der Waals surface area (Å²) in [6.07, 6.45) is 0. The number of carbonyl (C=O) groups is 2. The average molecular weight is 179 g/mol. The summed E-state index contributed by atoms with van der Waals surface area (Å²) in [4.78, 5) is 20.0. The normalized spacial score (nSPS) is 12.5. The van der Waals surface area contributed by atoms with Crippen LogP contribution in [0.2, 0.25) is 0 Å². The Kier molecular flexibility index (Phi) is 4.64. The van der Waals surface area contributed by atoms with Gasteiger partial charge in [-0.3, -0.25) is 9.59 Å². The van der Waals surface area contributed by atoms with Gasteiger partial charge in [0.05, 0.1) is 5.75 Å². The van der Waals surface area contributed by atoms with Crippen LogP contribution in [0.25, 0.3) is 0 Å². The molecule has 0 aromatic rings. The van der Waals surface area contributed by atoms with E-state index in [2.05, 4.69) is 0 Å². The average Bonchev–Trinajstić information content (AvgIpc) is 1.86. The molecule has 64 valence electrons. The number of carboxylic acids is 2. The predicted molar refractivity (Wildman–Crippen MR) is 40.6 cm³/mol. The van der Waals surface area contributed by atoms with Crippen LogP contribution < -0.4 is 5.73 Å². The van der Waals surface area contributed by atoms with Crippen molar-refractivity contribution in [3.63, 3.8) is 0 Å². The Hall–Kier alpha value is -0.750. The molecule has 11 heavy (non-hydrogen) atoms. The zero-order chi connectivity index (χ0) is 8.85. The highest BCUT2D eigenvalue weighted by Gasteiger charge is 2.11. The highest BCUT2D eigenvalue weighted by Crippen LogP contribution is 2.00. The van der Waals surface area contributed by atoms with Crippen LogP contribution in [0.1, 0.15) is 0 Å². The Balaban J connectivity index is 3.39. The minimum atomic E-state index is -1.11. The Morgan fingerprint density at radius 1 is 1.45 bits per heavy atom. The van der Waals surface area contributed by atoms with Crippen LogP contribution in [0.3, 0.4) is 0 Å². The van der Waals surface area contributed by atoms with Crippen molar-refractivity contribution in [2.45, 2.75) is 6.04 Å². The number of aliphatic carboxylic acids is 2. The van der Waals surface area contributed by atoms with E-state index >= 15 is 0 Å². The summed E-state index contributed by atoms with van der Waals surface area (Å²) in [7, 11) is 0. The summed E-state index contributed by atoms with van der Waals surface area (Å²) < 4.78 is 0. The van der Waals surface area contributed by atoms with E-state index in [-0.39, 0.29) is 11.5 Å². The topological polar surface area (TPSA) is 101 Å². The van der Waals surface area contributed by atoms with Gasteiger partial charge >= 0.3 is 11.9 Å². The first-order valence-corrected chi connectivity index (χ1v) is 3.97. The zero-order valence-corrected chi connectivity index (χ0v) is 6.50. The lowest BCUT2D eigenvalue weighted by Gasteiger charge is -2.02. The molecule has 0 saturated heterocycles. The molecule has 5 nitrogen and oxygen atoms in total. The SMILES string of the molecule is N[C@@H](CSCC(=O)O)C(=O)O. The second kappa shape index (κ2) is 4.97. The van der Waals surface area contributed by atoms with E-state index in [1.807, 2.05) is 0 Å². The molecule has 0 radical (unpaired) electrons. The molecule has 0 aromatic carbocycles. The van der Waals surface area contributed by atoms with Gasteiger partial charge in [-0.2, -0.15) is 0 Å². The Morgan fingerprint density at radius 2 is 2.00 bits per heavy atom. The largest absolute Gasteiger partial charge is 0.481 e. The smallest absolute Gasteiger partial charge is 0.321 e. The molecule has 0 unspecified atom stereocenters. The van der Waals surface area contributed by atoms with Gasteiger partial charge in [0.1, 0.15) is 6.04 Å². The molecule has 0 amide bonds. The van der Waals surface area contributed by atoms with Crippen LogP contribution in [0, 0.1) is 0 Å². The molecule has 0 fully saturated rings.